The molecule has 1 aromatic rings. The Bertz CT molecular complexity index is 455. The van der Waals surface area contributed by atoms with Gasteiger partial charge in [0.15, 0.2) is 0 Å². The van der Waals surface area contributed by atoms with Crippen LogP contribution in [0.4, 0.5) is 0 Å². The molecule has 1 heterocycles. The van der Waals surface area contributed by atoms with E-state index in [1.54, 1.807) is 0 Å². The summed E-state index contributed by atoms with van der Waals surface area (Å²) in [4.78, 5) is 11.7. The minimum Gasteiger partial charge on any atom is -0.480 e. The molecule has 1 saturated carbocycles. The molecule has 0 aromatic carbocycles. The number of aryl methyl sites for hydroxylation is 1. The Balaban J connectivity index is 2.20. The summed E-state index contributed by atoms with van der Waals surface area (Å²) in [5.41, 5.74) is 0.306. The van der Waals surface area contributed by atoms with E-state index in [1.165, 1.54) is 0 Å². The van der Waals surface area contributed by atoms with Crippen molar-refractivity contribution in [3.8, 4) is 0 Å². The number of carboxylic acid groups (broad SMARTS) is 1. The summed E-state index contributed by atoms with van der Waals surface area (Å²) in [6.07, 6.45) is 7.02. The van der Waals surface area contributed by atoms with E-state index in [4.69, 9.17) is 0 Å². The van der Waals surface area contributed by atoms with Gasteiger partial charge in [0, 0.05) is 12.2 Å². The van der Waals surface area contributed by atoms with Crippen molar-refractivity contribution in [2.75, 3.05) is 0 Å². The van der Waals surface area contributed by atoms with Crippen LogP contribution in [0, 0.1) is 6.92 Å². The summed E-state index contributed by atoms with van der Waals surface area (Å²) in [6.45, 7) is 5.99. The highest BCUT2D eigenvalue weighted by Gasteiger charge is 2.43. The van der Waals surface area contributed by atoms with Gasteiger partial charge < -0.3 is 5.11 Å². The van der Waals surface area contributed by atoms with Crippen molar-refractivity contribution in [3.63, 3.8) is 0 Å². The van der Waals surface area contributed by atoms with Crippen molar-refractivity contribution in [1.82, 2.24) is 15.1 Å². The van der Waals surface area contributed by atoms with E-state index in [9.17, 15) is 9.90 Å². The minimum atomic E-state index is -0.809. The maximum atomic E-state index is 11.7. The second kappa shape index (κ2) is 5.33. The van der Waals surface area contributed by atoms with E-state index in [-0.39, 0.29) is 12.1 Å². The molecule has 1 aromatic heterocycles. The van der Waals surface area contributed by atoms with Gasteiger partial charge in [-0.25, -0.2) is 0 Å². The zero-order chi connectivity index (χ0) is 14.0. The fourth-order valence-electron chi connectivity index (χ4n) is 3.04. The second-order valence-electron chi connectivity index (χ2n) is 5.93. The molecule has 1 aliphatic rings. The van der Waals surface area contributed by atoms with Crippen molar-refractivity contribution < 1.29 is 9.90 Å². The molecule has 0 bridgehead atoms. The van der Waals surface area contributed by atoms with E-state index in [2.05, 4.69) is 10.4 Å². The lowest BCUT2D eigenvalue weighted by molar-refractivity contribution is -0.147. The summed E-state index contributed by atoms with van der Waals surface area (Å²) >= 11 is 0. The van der Waals surface area contributed by atoms with Crippen LogP contribution in [0.25, 0.3) is 0 Å². The van der Waals surface area contributed by atoms with E-state index in [1.807, 2.05) is 37.8 Å². The number of hydrogen-bond donors (Lipinski definition) is 2. The van der Waals surface area contributed by atoms with Crippen LogP contribution < -0.4 is 5.32 Å². The number of carbonyl (C=O) groups is 1. The molecular formula is C14H23N3O2. The van der Waals surface area contributed by atoms with Gasteiger partial charge >= 0.3 is 5.97 Å². The monoisotopic (exact) mass is 265 g/mol. The normalized spacial score (nSPS) is 27.7. The van der Waals surface area contributed by atoms with Gasteiger partial charge in [0.05, 0.1) is 12.2 Å². The summed E-state index contributed by atoms with van der Waals surface area (Å²) in [5, 5.41) is 17.2. The molecule has 106 valence electrons. The number of carboxylic acids is 1. The van der Waals surface area contributed by atoms with Gasteiger partial charge in [-0.2, -0.15) is 5.10 Å². The highest BCUT2D eigenvalue weighted by atomic mass is 16.4. The first-order valence-electron chi connectivity index (χ1n) is 6.95. The molecule has 0 aliphatic heterocycles. The molecule has 1 fully saturated rings. The zero-order valence-electron chi connectivity index (χ0n) is 11.9. The smallest absolute Gasteiger partial charge is 0.323 e. The van der Waals surface area contributed by atoms with Crippen LogP contribution >= 0.6 is 0 Å². The first kappa shape index (κ1) is 14.1. The van der Waals surface area contributed by atoms with E-state index >= 15 is 0 Å². The standard InChI is InChI=1S/C14H23N3O2/c1-10(2)16-14(13(18)19)6-4-5-12(7-14)17-9-11(3)8-15-17/h8-10,12,16H,4-7H2,1-3H3,(H,18,19). The van der Waals surface area contributed by atoms with Crippen molar-refractivity contribution in [3.05, 3.63) is 18.0 Å². The third-order valence-corrected chi connectivity index (χ3v) is 3.80. The number of aromatic nitrogens is 2. The lowest BCUT2D eigenvalue weighted by Crippen LogP contribution is -2.57. The Labute approximate surface area is 114 Å². The Morgan fingerprint density at radius 3 is 2.89 bits per heavy atom. The average molecular weight is 265 g/mol. The molecular weight excluding hydrogens is 242 g/mol. The summed E-state index contributed by atoms with van der Waals surface area (Å²) in [5.74, 6) is -0.741. The average Bonchev–Trinajstić information content (AvgIpc) is 2.75. The predicted octanol–water partition coefficient (Wildman–Crippen LogP) is 2.13. The van der Waals surface area contributed by atoms with Gasteiger partial charge in [0.2, 0.25) is 0 Å². The number of aliphatic carboxylic acids is 1. The molecule has 5 heteroatoms. The predicted molar refractivity (Wildman–Crippen MR) is 73.1 cm³/mol. The van der Waals surface area contributed by atoms with Gasteiger partial charge in [0.1, 0.15) is 5.54 Å². The number of nitrogens with one attached hydrogen (secondary N) is 1. The molecule has 1 aliphatic carbocycles. The SMILES string of the molecule is Cc1cnn(C2CCCC(NC(C)C)(C(=O)O)C2)c1. The lowest BCUT2D eigenvalue weighted by Gasteiger charge is -2.39. The van der Waals surface area contributed by atoms with Crippen LogP contribution in [-0.4, -0.2) is 32.4 Å². The van der Waals surface area contributed by atoms with Crippen molar-refractivity contribution in [2.24, 2.45) is 0 Å². The van der Waals surface area contributed by atoms with Crippen LogP contribution in [0.2, 0.25) is 0 Å². The molecule has 5 nitrogen and oxygen atoms in total. The number of nitrogens with zero attached hydrogens (tertiary/aromatic N) is 2. The van der Waals surface area contributed by atoms with Crippen LogP contribution in [-0.2, 0) is 4.79 Å². The topological polar surface area (TPSA) is 67.2 Å². The molecule has 0 radical (unpaired) electrons. The maximum absolute atomic E-state index is 11.7. The molecule has 2 rings (SSSR count). The molecule has 2 unspecified atom stereocenters. The van der Waals surface area contributed by atoms with E-state index in [0.717, 1.165) is 18.4 Å². The van der Waals surface area contributed by atoms with Gasteiger partial charge in [-0.1, -0.05) is 0 Å². The first-order valence-corrected chi connectivity index (χ1v) is 6.95. The van der Waals surface area contributed by atoms with E-state index in [0.29, 0.717) is 12.8 Å². The highest BCUT2D eigenvalue weighted by Crippen LogP contribution is 2.36. The van der Waals surface area contributed by atoms with Crippen molar-refractivity contribution in [2.45, 2.75) is 64.1 Å². The van der Waals surface area contributed by atoms with Crippen LogP contribution in [0.15, 0.2) is 12.4 Å². The Morgan fingerprint density at radius 2 is 2.37 bits per heavy atom. The Hall–Kier alpha value is -1.36. The second-order valence-corrected chi connectivity index (χ2v) is 5.93. The van der Waals surface area contributed by atoms with Gasteiger partial charge in [0.25, 0.3) is 0 Å². The molecule has 2 N–H and O–H groups in total. The first-order chi connectivity index (χ1) is 8.93. The Morgan fingerprint density at radius 1 is 1.63 bits per heavy atom. The summed E-state index contributed by atoms with van der Waals surface area (Å²) in [7, 11) is 0. The molecule has 2 atom stereocenters. The number of rotatable bonds is 4. The fraction of sp³-hybridized carbons (Fsp3) is 0.714. The molecule has 0 spiro atoms. The van der Waals surface area contributed by atoms with Crippen LogP contribution in [0.5, 0.6) is 0 Å². The van der Waals surface area contributed by atoms with Crippen molar-refractivity contribution in [1.29, 1.82) is 0 Å². The summed E-state index contributed by atoms with van der Waals surface area (Å²) in [6, 6.07) is 0.332. The lowest BCUT2D eigenvalue weighted by atomic mass is 9.78. The maximum Gasteiger partial charge on any atom is 0.323 e. The molecule has 0 amide bonds. The summed E-state index contributed by atoms with van der Waals surface area (Å²) < 4.78 is 1.92. The van der Waals surface area contributed by atoms with Gasteiger partial charge in [-0.3, -0.25) is 14.8 Å². The number of hydrogen-bond acceptors (Lipinski definition) is 3. The minimum absolute atomic E-state index is 0.161. The highest BCUT2D eigenvalue weighted by molar-refractivity contribution is 5.79. The van der Waals surface area contributed by atoms with Crippen LogP contribution in [0.3, 0.4) is 0 Å². The van der Waals surface area contributed by atoms with Gasteiger partial charge in [-0.15, -0.1) is 0 Å². The largest absolute Gasteiger partial charge is 0.480 e. The van der Waals surface area contributed by atoms with Crippen molar-refractivity contribution >= 4 is 5.97 Å². The van der Waals surface area contributed by atoms with Gasteiger partial charge in [-0.05, 0) is 52.0 Å². The third kappa shape index (κ3) is 2.97. The van der Waals surface area contributed by atoms with Crippen LogP contribution in [0.1, 0.15) is 51.1 Å². The van der Waals surface area contributed by atoms with E-state index < -0.39 is 11.5 Å². The third-order valence-electron chi connectivity index (χ3n) is 3.80. The Kier molecular flexibility index (Phi) is 3.94. The zero-order valence-corrected chi connectivity index (χ0v) is 11.9. The molecule has 19 heavy (non-hydrogen) atoms. The quantitative estimate of drug-likeness (QED) is 0.875. The molecule has 0 saturated heterocycles. The fourth-order valence-corrected chi connectivity index (χ4v) is 3.04.